The van der Waals surface area contributed by atoms with Gasteiger partial charge in [0.25, 0.3) is 0 Å². The van der Waals surface area contributed by atoms with E-state index in [2.05, 4.69) is 13.8 Å². The fourth-order valence-corrected chi connectivity index (χ4v) is 3.35. The average molecular weight is 173 g/mol. The Bertz CT molecular complexity index is 218. The summed E-state index contributed by atoms with van der Waals surface area (Å²) in [5, 5.41) is -0.101. The number of hydrogen-bond acceptors (Lipinski definition) is 1. The molecule has 0 amide bonds. The van der Waals surface area contributed by atoms with Gasteiger partial charge in [0.2, 0.25) is 5.24 Å². The molecule has 62 valence electrons. The number of halogens is 1. The Balaban J connectivity index is 2.36. The molecule has 2 atom stereocenters. The van der Waals surface area contributed by atoms with E-state index in [0.29, 0.717) is 0 Å². The Morgan fingerprint density at radius 1 is 1.55 bits per heavy atom. The normalized spacial score (nSPS) is 45.2. The second kappa shape index (κ2) is 1.82. The van der Waals surface area contributed by atoms with E-state index in [1.165, 1.54) is 6.42 Å². The number of hydrogen-bond donors (Lipinski definition) is 0. The van der Waals surface area contributed by atoms with Crippen molar-refractivity contribution in [2.24, 2.45) is 16.7 Å². The lowest BCUT2D eigenvalue weighted by Crippen LogP contribution is -2.51. The van der Waals surface area contributed by atoms with Gasteiger partial charge in [-0.3, -0.25) is 4.79 Å². The molecule has 0 spiro atoms. The van der Waals surface area contributed by atoms with Crippen molar-refractivity contribution >= 4 is 16.8 Å². The maximum atomic E-state index is 11.2. The van der Waals surface area contributed by atoms with Gasteiger partial charge in [0, 0.05) is 0 Å². The summed E-state index contributed by atoms with van der Waals surface area (Å²) in [5.41, 5.74) is 0.0467. The van der Waals surface area contributed by atoms with Gasteiger partial charge in [0.15, 0.2) is 0 Å². The Hall–Kier alpha value is -0.0400. The molecule has 3 fully saturated rings. The summed E-state index contributed by atoms with van der Waals surface area (Å²) in [6, 6.07) is 0. The third kappa shape index (κ3) is 0.618. The molecule has 2 unspecified atom stereocenters. The van der Waals surface area contributed by atoms with Crippen molar-refractivity contribution in [1.82, 2.24) is 0 Å². The second-order valence-electron chi connectivity index (χ2n) is 4.52. The molecule has 0 heterocycles. The maximum Gasteiger partial charge on any atom is 0.228 e. The highest BCUT2D eigenvalue weighted by Crippen LogP contribution is 2.71. The fraction of sp³-hybridized carbons (Fsp3) is 0.889. The lowest BCUT2D eigenvalue weighted by Gasteiger charge is -2.52. The van der Waals surface area contributed by atoms with Crippen LogP contribution in [0.1, 0.15) is 33.1 Å². The monoisotopic (exact) mass is 172 g/mol. The number of rotatable bonds is 1. The minimum absolute atomic E-state index is 0.101. The molecule has 0 aromatic rings. The van der Waals surface area contributed by atoms with Crippen LogP contribution in [0.5, 0.6) is 0 Å². The van der Waals surface area contributed by atoms with E-state index >= 15 is 0 Å². The largest absolute Gasteiger partial charge is 0.281 e. The molecule has 3 rings (SSSR count). The molecule has 0 aromatic heterocycles. The van der Waals surface area contributed by atoms with Crippen LogP contribution in [0.15, 0.2) is 0 Å². The van der Waals surface area contributed by atoms with Crippen molar-refractivity contribution < 1.29 is 4.79 Å². The zero-order valence-electron chi connectivity index (χ0n) is 6.98. The summed E-state index contributed by atoms with van der Waals surface area (Å²) in [7, 11) is 0. The van der Waals surface area contributed by atoms with E-state index in [1.54, 1.807) is 0 Å². The first-order chi connectivity index (χ1) is 5.01. The maximum absolute atomic E-state index is 11.2. The first kappa shape index (κ1) is 7.60. The Morgan fingerprint density at radius 2 is 2.18 bits per heavy atom. The highest BCUT2D eigenvalue weighted by molar-refractivity contribution is 6.65. The van der Waals surface area contributed by atoms with Gasteiger partial charge < -0.3 is 0 Å². The van der Waals surface area contributed by atoms with Crippen molar-refractivity contribution in [3.63, 3.8) is 0 Å². The standard InChI is InChI=1S/C9H13ClO/c1-8(2)6-3-4-9(8,5-6)7(10)11/h6H,3-5H2,1-2H3. The summed E-state index contributed by atoms with van der Waals surface area (Å²) in [6.07, 6.45) is 3.26. The van der Waals surface area contributed by atoms with Gasteiger partial charge in [-0.15, -0.1) is 0 Å². The first-order valence-corrected chi connectivity index (χ1v) is 4.58. The molecule has 3 aliphatic carbocycles. The molecule has 3 saturated carbocycles. The first-order valence-electron chi connectivity index (χ1n) is 4.21. The molecular weight excluding hydrogens is 160 g/mol. The zero-order chi connectivity index (χ0) is 8.28. The summed E-state index contributed by atoms with van der Waals surface area (Å²) in [4.78, 5) is 11.2. The molecule has 0 radical (unpaired) electrons. The molecule has 3 aliphatic rings. The van der Waals surface area contributed by atoms with Crippen LogP contribution in [0.3, 0.4) is 0 Å². The average Bonchev–Trinajstić information content (AvgIpc) is 2.40. The van der Waals surface area contributed by atoms with E-state index in [9.17, 15) is 4.79 Å². The number of fused-ring (bicyclic) bond motifs is 1. The summed E-state index contributed by atoms with van der Waals surface area (Å²) < 4.78 is 0. The van der Waals surface area contributed by atoms with Crippen molar-refractivity contribution in [3.05, 3.63) is 0 Å². The molecule has 0 aliphatic heterocycles. The Morgan fingerprint density at radius 3 is 2.36 bits per heavy atom. The van der Waals surface area contributed by atoms with Crippen LogP contribution >= 0.6 is 11.6 Å². The van der Waals surface area contributed by atoms with Crippen LogP contribution < -0.4 is 0 Å². The molecule has 2 heteroatoms. The van der Waals surface area contributed by atoms with Crippen molar-refractivity contribution in [2.45, 2.75) is 33.1 Å². The van der Waals surface area contributed by atoms with Crippen LogP contribution in [-0.2, 0) is 4.79 Å². The van der Waals surface area contributed by atoms with E-state index in [4.69, 9.17) is 11.6 Å². The Labute approximate surface area is 72.1 Å². The Kier molecular flexibility index (Phi) is 1.26. The lowest BCUT2D eigenvalue weighted by molar-refractivity contribution is -0.139. The minimum atomic E-state index is -0.140. The summed E-state index contributed by atoms with van der Waals surface area (Å²) in [5.74, 6) is 0.755. The van der Waals surface area contributed by atoms with Crippen LogP contribution in [0.4, 0.5) is 0 Å². The molecule has 0 N–H and O–H groups in total. The van der Waals surface area contributed by atoms with E-state index in [1.807, 2.05) is 0 Å². The highest BCUT2D eigenvalue weighted by atomic mass is 35.5. The zero-order valence-corrected chi connectivity index (χ0v) is 7.74. The second-order valence-corrected chi connectivity index (χ2v) is 4.86. The molecular formula is C9H13ClO. The number of carbonyl (C=O) groups is 1. The van der Waals surface area contributed by atoms with Crippen LogP contribution in [0.25, 0.3) is 0 Å². The van der Waals surface area contributed by atoms with Gasteiger partial charge in [-0.25, -0.2) is 0 Å². The number of carbonyl (C=O) groups excluding carboxylic acids is 1. The van der Waals surface area contributed by atoms with Gasteiger partial charge in [-0.05, 0) is 42.2 Å². The fourth-order valence-electron chi connectivity index (χ4n) is 2.94. The van der Waals surface area contributed by atoms with Gasteiger partial charge >= 0.3 is 0 Å². The van der Waals surface area contributed by atoms with Crippen LogP contribution in [0, 0.1) is 16.7 Å². The smallest absolute Gasteiger partial charge is 0.228 e. The summed E-state index contributed by atoms with van der Waals surface area (Å²) in [6.45, 7) is 4.35. The van der Waals surface area contributed by atoms with Crippen molar-refractivity contribution in [1.29, 1.82) is 0 Å². The van der Waals surface area contributed by atoms with Crippen molar-refractivity contribution in [2.75, 3.05) is 0 Å². The minimum Gasteiger partial charge on any atom is -0.281 e. The predicted molar refractivity (Wildman–Crippen MR) is 44.4 cm³/mol. The van der Waals surface area contributed by atoms with E-state index in [-0.39, 0.29) is 16.1 Å². The van der Waals surface area contributed by atoms with Crippen LogP contribution in [0.2, 0.25) is 0 Å². The van der Waals surface area contributed by atoms with Crippen molar-refractivity contribution in [3.8, 4) is 0 Å². The summed E-state index contributed by atoms with van der Waals surface area (Å²) >= 11 is 5.61. The topological polar surface area (TPSA) is 17.1 Å². The van der Waals surface area contributed by atoms with Gasteiger partial charge in [0.05, 0.1) is 5.41 Å². The molecule has 11 heavy (non-hydrogen) atoms. The highest BCUT2D eigenvalue weighted by Gasteiger charge is 2.67. The van der Waals surface area contributed by atoms with E-state index < -0.39 is 0 Å². The quantitative estimate of drug-likeness (QED) is 0.556. The third-order valence-electron chi connectivity index (χ3n) is 4.14. The molecule has 2 bridgehead atoms. The third-order valence-corrected chi connectivity index (χ3v) is 4.51. The van der Waals surface area contributed by atoms with E-state index in [0.717, 1.165) is 18.8 Å². The molecule has 1 nitrogen and oxygen atoms in total. The molecule has 0 saturated heterocycles. The lowest BCUT2D eigenvalue weighted by atomic mass is 9.51. The van der Waals surface area contributed by atoms with Crippen LogP contribution in [-0.4, -0.2) is 5.24 Å². The SMILES string of the molecule is CC1(C)C2CCC1(C(=O)Cl)C2. The molecule has 0 aromatic carbocycles. The van der Waals surface area contributed by atoms with Gasteiger partial charge in [-0.2, -0.15) is 0 Å². The van der Waals surface area contributed by atoms with Gasteiger partial charge in [-0.1, -0.05) is 13.8 Å². The van der Waals surface area contributed by atoms with Gasteiger partial charge in [0.1, 0.15) is 0 Å². The predicted octanol–water partition coefficient (Wildman–Crippen LogP) is 2.58.